The van der Waals surface area contributed by atoms with Gasteiger partial charge in [-0.15, -0.1) is 0 Å². The molecule has 20 heavy (non-hydrogen) atoms. The van der Waals surface area contributed by atoms with Crippen LogP contribution in [0.5, 0.6) is 0 Å². The molecule has 0 aliphatic carbocycles. The van der Waals surface area contributed by atoms with Gasteiger partial charge in [-0.25, -0.2) is 12.7 Å². The second-order valence-corrected chi connectivity index (χ2v) is 8.02. The zero-order chi connectivity index (χ0) is 15.6. The van der Waals surface area contributed by atoms with Gasteiger partial charge in [0.25, 0.3) is 0 Å². The summed E-state index contributed by atoms with van der Waals surface area (Å²) >= 11 is 0. The van der Waals surface area contributed by atoms with E-state index in [9.17, 15) is 8.42 Å². The van der Waals surface area contributed by atoms with Crippen LogP contribution in [0.4, 0.5) is 0 Å². The second-order valence-electron chi connectivity index (χ2n) is 5.93. The van der Waals surface area contributed by atoms with Gasteiger partial charge < -0.3 is 10.2 Å². The summed E-state index contributed by atoms with van der Waals surface area (Å²) in [5.41, 5.74) is 0. The molecule has 0 spiro atoms. The Hall–Kier alpha value is -0.170. The van der Waals surface area contributed by atoms with E-state index in [1.54, 1.807) is 4.31 Å². The Labute approximate surface area is 125 Å². The van der Waals surface area contributed by atoms with Crippen LogP contribution < -0.4 is 5.32 Å². The monoisotopic (exact) mass is 307 g/mol. The lowest BCUT2D eigenvalue weighted by Crippen LogP contribution is -2.40. The number of unbranched alkanes of at least 4 members (excludes halogenated alkanes) is 1. The number of hydrogen-bond donors (Lipinski definition) is 1. The molecule has 0 radical (unpaired) electrons. The molecule has 0 aromatic heterocycles. The number of sulfonamides is 1. The van der Waals surface area contributed by atoms with E-state index < -0.39 is 10.0 Å². The van der Waals surface area contributed by atoms with Gasteiger partial charge in [-0.2, -0.15) is 0 Å². The van der Waals surface area contributed by atoms with Crippen LogP contribution in [0, 0.1) is 5.92 Å². The van der Waals surface area contributed by atoms with Crippen molar-refractivity contribution >= 4 is 10.0 Å². The average Bonchev–Trinajstić information content (AvgIpc) is 2.33. The van der Waals surface area contributed by atoms with Gasteiger partial charge in [0, 0.05) is 19.6 Å². The summed E-state index contributed by atoms with van der Waals surface area (Å²) in [5.74, 6) is 0.618. The Morgan fingerprint density at radius 2 is 1.75 bits per heavy atom. The van der Waals surface area contributed by atoms with E-state index in [2.05, 4.69) is 26.1 Å². The molecule has 0 aromatic carbocycles. The summed E-state index contributed by atoms with van der Waals surface area (Å²) < 4.78 is 26.5. The first-order valence-electron chi connectivity index (χ1n) is 7.62. The normalized spacial score (nSPS) is 12.8. The molecule has 5 nitrogen and oxygen atoms in total. The summed E-state index contributed by atoms with van der Waals surface area (Å²) in [4.78, 5) is 2.02. The van der Waals surface area contributed by atoms with Crippen LogP contribution in [-0.2, 0) is 10.0 Å². The third-order valence-electron chi connectivity index (χ3n) is 3.01. The fourth-order valence-corrected chi connectivity index (χ4v) is 3.62. The predicted octanol–water partition coefficient (Wildman–Crippen LogP) is 1.23. The van der Waals surface area contributed by atoms with Crippen molar-refractivity contribution in [3.63, 3.8) is 0 Å². The molecule has 0 aliphatic rings. The van der Waals surface area contributed by atoms with E-state index in [4.69, 9.17) is 0 Å². The van der Waals surface area contributed by atoms with E-state index in [1.807, 2.05) is 19.0 Å². The minimum Gasteiger partial charge on any atom is -0.317 e. The van der Waals surface area contributed by atoms with Gasteiger partial charge in [0.2, 0.25) is 10.0 Å². The topological polar surface area (TPSA) is 52.7 Å². The van der Waals surface area contributed by atoms with Crippen molar-refractivity contribution < 1.29 is 8.42 Å². The molecular formula is C14H33N3O2S. The number of nitrogens with one attached hydrogen (secondary N) is 1. The molecule has 0 aromatic rings. The SMILES string of the molecule is CCNCCCCS(=O)(=O)N(CCN(C)C)CC(C)C. The maximum atomic E-state index is 12.4. The molecule has 0 unspecified atom stereocenters. The van der Waals surface area contributed by atoms with Crippen molar-refractivity contribution in [1.29, 1.82) is 0 Å². The van der Waals surface area contributed by atoms with Crippen molar-refractivity contribution in [3.05, 3.63) is 0 Å². The lowest BCUT2D eigenvalue weighted by molar-refractivity contribution is 0.312. The van der Waals surface area contributed by atoms with Crippen LogP contribution in [0.15, 0.2) is 0 Å². The standard InChI is InChI=1S/C14H33N3O2S/c1-6-15-9-7-8-12-20(18,19)17(13-14(2)3)11-10-16(4)5/h14-15H,6-13H2,1-5H3. The zero-order valence-corrected chi connectivity index (χ0v) is 14.7. The fraction of sp³-hybridized carbons (Fsp3) is 1.00. The Morgan fingerprint density at radius 3 is 2.25 bits per heavy atom. The summed E-state index contributed by atoms with van der Waals surface area (Å²) in [6, 6.07) is 0. The highest BCUT2D eigenvalue weighted by molar-refractivity contribution is 7.89. The third kappa shape index (κ3) is 9.69. The van der Waals surface area contributed by atoms with Crippen molar-refractivity contribution in [2.75, 3.05) is 52.6 Å². The largest absolute Gasteiger partial charge is 0.317 e. The summed E-state index contributed by atoms with van der Waals surface area (Å²) in [6.45, 7) is 9.98. The van der Waals surface area contributed by atoms with Crippen LogP contribution in [0.25, 0.3) is 0 Å². The van der Waals surface area contributed by atoms with Gasteiger partial charge in [-0.05, 0) is 45.9 Å². The van der Waals surface area contributed by atoms with Crippen LogP contribution in [0.1, 0.15) is 33.6 Å². The van der Waals surface area contributed by atoms with Crippen LogP contribution in [0.3, 0.4) is 0 Å². The zero-order valence-electron chi connectivity index (χ0n) is 13.9. The van der Waals surface area contributed by atoms with E-state index >= 15 is 0 Å². The molecule has 122 valence electrons. The quantitative estimate of drug-likeness (QED) is 0.551. The van der Waals surface area contributed by atoms with Crippen molar-refractivity contribution in [2.24, 2.45) is 5.92 Å². The van der Waals surface area contributed by atoms with E-state index in [1.165, 1.54) is 0 Å². The molecule has 0 amide bonds. The number of rotatable bonds is 12. The molecule has 0 atom stereocenters. The molecule has 0 aliphatic heterocycles. The minimum absolute atomic E-state index is 0.262. The highest BCUT2D eigenvalue weighted by atomic mass is 32.2. The van der Waals surface area contributed by atoms with E-state index in [0.717, 1.165) is 32.5 Å². The van der Waals surface area contributed by atoms with E-state index in [0.29, 0.717) is 19.0 Å². The second kappa shape index (κ2) is 10.5. The van der Waals surface area contributed by atoms with Crippen LogP contribution in [-0.4, -0.2) is 70.2 Å². The van der Waals surface area contributed by atoms with E-state index in [-0.39, 0.29) is 5.75 Å². The number of likely N-dealkylation sites (N-methyl/N-ethyl adjacent to an activating group) is 1. The number of hydrogen-bond acceptors (Lipinski definition) is 4. The third-order valence-corrected chi connectivity index (χ3v) is 4.94. The molecule has 0 fully saturated rings. The maximum Gasteiger partial charge on any atom is 0.214 e. The highest BCUT2D eigenvalue weighted by Crippen LogP contribution is 2.08. The Morgan fingerprint density at radius 1 is 1.10 bits per heavy atom. The predicted molar refractivity (Wildman–Crippen MR) is 86.5 cm³/mol. The van der Waals surface area contributed by atoms with Crippen LogP contribution >= 0.6 is 0 Å². The van der Waals surface area contributed by atoms with Crippen molar-refractivity contribution in [3.8, 4) is 0 Å². The first-order chi connectivity index (χ1) is 9.29. The highest BCUT2D eigenvalue weighted by Gasteiger charge is 2.22. The van der Waals surface area contributed by atoms with Gasteiger partial charge in [-0.1, -0.05) is 20.8 Å². The molecule has 0 saturated carbocycles. The first-order valence-corrected chi connectivity index (χ1v) is 9.23. The van der Waals surface area contributed by atoms with Crippen molar-refractivity contribution in [1.82, 2.24) is 14.5 Å². The Bertz CT molecular complexity index is 329. The fourth-order valence-electron chi connectivity index (χ4n) is 1.90. The lowest BCUT2D eigenvalue weighted by Gasteiger charge is -2.25. The summed E-state index contributed by atoms with van der Waals surface area (Å²) in [5, 5.41) is 3.22. The maximum absolute atomic E-state index is 12.4. The molecule has 0 bridgehead atoms. The van der Waals surface area contributed by atoms with Gasteiger partial charge >= 0.3 is 0 Å². The molecule has 6 heteroatoms. The molecule has 0 saturated heterocycles. The molecule has 0 rings (SSSR count). The van der Waals surface area contributed by atoms with Crippen LogP contribution in [0.2, 0.25) is 0 Å². The summed E-state index contributed by atoms with van der Waals surface area (Å²) in [6.07, 6.45) is 1.64. The smallest absolute Gasteiger partial charge is 0.214 e. The first kappa shape index (κ1) is 19.8. The van der Waals surface area contributed by atoms with Gasteiger partial charge in [0.05, 0.1) is 5.75 Å². The van der Waals surface area contributed by atoms with Crippen molar-refractivity contribution in [2.45, 2.75) is 33.6 Å². The van der Waals surface area contributed by atoms with Gasteiger partial charge in [-0.3, -0.25) is 0 Å². The van der Waals surface area contributed by atoms with Gasteiger partial charge in [0.15, 0.2) is 0 Å². The lowest BCUT2D eigenvalue weighted by atomic mass is 10.2. The molecular weight excluding hydrogens is 274 g/mol. The Kier molecular flexibility index (Phi) is 10.5. The average molecular weight is 308 g/mol. The summed E-state index contributed by atoms with van der Waals surface area (Å²) in [7, 11) is 0.816. The molecule has 1 N–H and O–H groups in total. The Balaban J connectivity index is 4.36. The minimum atomic E-state index is -3.12. The molecule has 0 heterocycles. The number of nitrogens with zero attached hydrogens (tertiary/aromatic N) is 2. The van der Waals surface area contributed by atoms with Gasteiger partial charge in [0.1, 0.15) is 0 Å².